The van der Waals surface area contributed by atoms with Gasteiger partial charge in [-0.05, 0) is 35.4 Å². The molecule has 0 amide bonds. The van der Waals surface area contributed by atoms with Crippen LogP contribution in [0.5, 0.6) is 0 Å². The van der Waals surface area contributed by atoms with Gasteiger partial charge in [0.25, 0.3) is 0 Å². The summed E-state index contributed by atoms with van der Waals surface area (Å²) < 4.78 is -1.96. The molecule has 20 heavy (non-hydrogen) atoms. The highest BCUT2D eigenvalue weighted by atomic mass is 35.6. The molecule has 0 aliphatic heterocycles. The Morgan fingerprint density at radius 2 is 0.950 bits per heavy atom. The van der Waals surface area contributed by atoms with Crippen LogP contribution in [0.4, 0.5) is 0 Å². The molecule has 0 heterocycles. The molecule has 2 rings (SSSR count). The number of hydrogen-bond acceptors (Lipinski definition) is 1. The quantitative estimate of drug-likeness (QED) is 0.671. The van der Waals surface area contributed by atoms with Crippen LogP contribution >= 0.6 is 58.0 Å². The van der Waals surface area contributed by atoms with Crippen molar-refractivity contribution >= 4 is 58.0 Å². The van der Waals surface area contributed by atoms with Gasteiger partial charge >= 0.3 is 0 Å². The summed E-state index contributed by atoms with van der Waals surface area (Å²) in [7, 11) is 0. The van der Waals surface area contributed by atoms with Crippen LogP contribution in [-0.4, -0.2) is 8.90 Å². The molecule has 1 nitrogen and oxygen atoms in total. The fourth-order valence-electron chi connectivity index (χ4n) is 1.88. The molecule has 0 aliphatic rings. The lowest BCUT2D eigenvalue weighted by atomic mass is 10.3. The first-order valence-electron chi connectivity index (χ1n) is 5.56. The Labute approximate surface area is 142 Å². The first-order chi connectivity index (χ1) is 9.25. The van der Waals surface area contributed by atoms with E-state index in [4.69, 9.17) is 58.0 Å². The zero-order chi connectivity index (χ0) is 15.0. The fourth-order valence-corrected chi connectivity index (χ4v) is 2.78. The third kappa shape index (κ3) is 3.04. The highest BCUT2D eigenvalue weighted by molar-refractivity contribution is 6.68. The van der Waals surface area contributed by atoms with E-state index in [1.165, 1.54) is 0 Å². The van der Waals surface area contributed by atoms with Crippen molar-refractivity contribution in [3.05, 3.63) is 69.7 Å². The lowest BCUT2D eigenvalue weighted by molar-refractivity contribution is 0.0850. The predicted octanol–water partition coefficient (Wildman–Crippen LogP) is 5.60. The van der Waals surface area contributed by atoms with Crippen molar-refractivity contribution in [2.75, 3.05) is 0 Å². The Kier molecular flexibility index (Phi) is 4.80. The van der Waals surface area contributed by atoms with Crippen LogP contribution in [-0.2, 0) is 5.60 Å². The van der Waals surface area contributed by atoms with E-state index >= 15 is 0 Å². The van der Waals surface area contributed by atoms with Crippen molar-refractivity contribution < 1.29 is 5.11 Å². The van der Waals surface area contributed by atoms with Gasteiger partial charge in [-0.2, -0.15) is 0 Å². The summed E-state index contributed by atoms with van der Waals surface area (Å²) in [4.78, 5) is 0. The normalized spacial score (nSPS) is 12.5. The molecular formula is C14H9Cl5O. The van der Waals surface area contributed by atoms with Crippen molar-refractivity contribution in [1.82, 2.24) is 0 Å². The van der Waals surface area contributed by atoms with Crippen LogP contribution < -0.4 is 0 Å². The van der Waals surface area contributed by atoms with E-state index < -0.39 is 9.39 Å². The van der Waals surface area contributed by atoms with Crippen LogP contribution in [0, 0.1) is 0 Å². The maximum atomic E-state index is 11.0. The second-order valence-electron chi connectivity index (χ2n) is 4.22. The van der Waals surface area contributed by atoms with Crippen molar-refractivity contribution in [2.24, 2.45) is 0 Å². The molecule has 0 bridgehead atoms. The molecule has 0 spiro atoms. The number of alkyl halides is 3. The summed E-state index contributed by atoms with van der Waals surface area (Å²) >= 11 is 29.7. The Bertz CT molecular complexity index is 541. The molecule has 1 N–H and O–H groups in total. The molecule has 0 saturated heterocycles. The summed E-state index contributed by atoms with van der Waals surface area (Å²) in [5.74, 6) is 0. The zero-order valence-electron chi connectivity index (χ0n) is 9.96. The van der Waals surface area contributed by atoms with E-state index in [9.17, 15) is 5.11 Å². The van der Waals surface area contributed by atoms with Gasteiger partial charge in [0.1, 0.15) is 0 Å². The molecule has 0 fully saturated rings. The van der Waals surface area contributed by atoms with Gasteiger partial charge < -0.3 is 5.11 Å². The average molecular weight is 382 g/mol. The third-order valence-electron chi connectivity index (χ3n) is 2.93. The maximum Gasteiger partial charge on any atom is 0.227 e. The summed E-state index contributed by atoms with van der Waals surface area (Å²) in [5, 5.41) is 12.0. The van der Waals surface area contributed by atoms with Gasteiger partial charge in [0.2, 0.25) is 3.79 Å². The first kappa shape index (κ1) is 16.2. The minimum Gasteiger partial charge on any atom is -0.376 e. The molecule has 6 heteroatoms. The lowest BCUT2D eigenvalue weighted by Crippen LogP contribution is -2.41. The minimum absolute atomic E-state index is 0.421. The molecule has 0 aliphatic carbocycles. The van der Waals surface area contributed by atoms with Crippen molar-refractivity contribution in [2.45, 2.75) is 9.39 Å². The number of aliphatic hydroxyl groups is 1. The Hall–Kier alpha value is -0.150. The minimum atomic E-state index is -1.96. The smallest absolute Gasteiger partial charge is 0.227 e. The summed E-state index contributed by atoms with van der Waals surface area (Å²) in [5.41, 5.74) is -0.972. The molecule has 0 aromatic heterocycles. The van der Waals surface area contributed by atoms with Gasteiger partial charge in [0.05, 0.1) is 0 Å². The summed E-state index contributed by atoms with van der Waals surface area (Å²) in [6.45, 7) is 0. The van der Waals surface area contributed by atoms with Crippen molar-refractivity contribution in [3.8, 4) is 0 Å². The summed E-state index contributed by atoms with van der Waals surface area (Å²) in [6, 6.07) is 12.9. The number of benzene rings is 2. The number of halogens is 5. The zero-order valence-corrected chi connectivity index (χ0v) is 13.7. The predicted molar refractivity (Wildman–Crippen MR) is 86.2 cm³/mol. The molecule has 0 radical (unpaired) electrons. The Balaban J connectivity index is 2.62. The van der Waals surface area contributed by atoms with Gasteiger partial charge in [-0.25, -0.2) is 0 Å². The van der Waals surface area contributed by atoms with Crippen LogP contribution in [0.1, 0.15) is 11.1 Å². The molecule has 2 aromatic rings. The van der Waals surface area contributed by atoms with E-state index in [-0.39, 0.29) is 0 Å². The second kappa shape index (κ2) is 5.92. The molecular weight excluding hydrogens is 373 g/mol. The largest absolute Gasteiger partial charge is 0.376 e. The van der Waals surface area contributed by atoms with Gasteiger partial charge in [-0.3, -0.25) is 0 Å². The van der Waals surface area contributed by atoms with Crippen LogP contribution in [0.15, 0.2) is 48.5 Å². The van der Waals surface area contributed by atoms with E-state index in [2.05, 4.69) is 0 Å². The molecule has 106 valence electrons. The van der Waals surface area contributed by atoms with Crippen LogP contribution in [0.2, 0.25) is 10.0 Å². The van der Waals surface area contributed by atoms with Crippen molar-refractivity contribution in [1.29, 1.82) is 0 Å². The molecule has 0 atom stereocenters. The number of rotatable bonds is 2. The highest BCUT2D eigenvalue weighted by Gasteiger charge is 2.49. The first-order valence-corrected chi connectivity index (χ1v) is 7.45. The Morgan fingerprint density at radius 1 is 0.650 bits per heavy atom. The van der Waals surface area contributed by atoms with Crippen LogP contribution in [0.25, 0.3) is 0 Å². The van der Waals surface area contributed by atoms with E-state index in [0.717, 1.165) is 0 Å². The van der Waals surface area contributed by atoms with Crippen LogP contribution in [0.3, 0.4) is 0 Å². The van der Waals surface area contributed by atoms with Crippen molar-refractivity contribution in [3.63, 3.8) is 0 Å². The summed E-state index contributed by atoms with van der Waals surface area (Å²) in [6.07, 6.45) is 0. The standard InChI is InChI=1S/C14H9Cl5O/c15-11-5-1-9(2-6-11)13(20,14(17,18)19)10-3-7-12(16)8-4-10/h1-8,20H/i1+1,2+1,3+1,4+1,5+1,6+1,7+1,8+1,9+1,10+1,11+1,12+1. The maximum absolute atomic E-state index is 11.0. The monoisotopic (exact) mass is 380 g/mol. The number of hydrogen-bond donors (Lipinski definition) is 1. The Morgan fingerprint density at radius 3 is 1.20 bits per heavy atom. The second-order valence-corrected chi connectivity index (χ2v) is 7.38. The van der Waals surface area contributed by atoms with Gasteiger partial charge in [0, 0.05) is 10.0 Å². The molecule has 2 aromatic carbocycles. The lowest BCUT2D eigenvalue weighted by Gasteiger charge is -2.35. The average Bonchev–Trinajstić information content (AvgIpc) is 2.38. The van der Waals surface area contributed by atoms with E-state index in [1.807, 2.05) is 0 Å². The SMILES string of the molecule is OC([13c]1[13cH][13cH][13c](Cl)[13cH][13cH]1)([13c]1[13cH][13cH][13c](Cl)[13cH][13cH]1)C(Cl)(Cl)Cl. The van der Waals surface area contributed by atoms with E-state index in [1.54, 1.807) is 48.5 Å². The van der Waals surface area contributed by atoms with E-state index in [0.29, 0.717) is 21.2 Å². The molecule has 0 unspecified atom stereocenters. The third-order valence-corrected chi connectivity index (χ3v) is 4.26. The van der Waals surface area contributed by atoms with Gasteiger partial charge in [0.15, 0.2) is 5.60 Å². The fraction of sp³-hybridized carbons (Fsp3) is 0.143. The topological polar surface area (TPSA) is 20.2 Å². The van der Waals surface area contributed by atoms with Gasteiger partial charge in [-0.15, -0.1) is 0 Å². The molecule has 0 saturated carbocycles. The highest BCUT2D eigenvalue weighted by Crippen LogP contribution is 2.49. The van der Waals surface area contributed by atoms with Gasteiger partial charge in [-0.1, -0.05) is 82.3 Å².